The molecule has 1 atom stereocenters. The monoisotopic (exact) mass is 350 g/mol. The molecule has 1 amide bonds. The highest BCUT2D eigenvalue weighted by atomic mass is 35.5. The summed E-state index contributed by atoms with van der Waals surface area (Å²) < 4.78 is 5.04. The van der Waals surface area contributed by atoms with Crippen molar-refractivity contribution < 1.29 is 19.2 Å². The van der Waals surface area contributed by atoms with E-state index in [0.29, 0.717) is 5.52 Å². The van der Waals surface area contributed by atoms with Crippen LogP contribution in [0, 0.1) is 6.92 Å². The van der Waals surface area contributed by atoms with E-state index < -0.39 is 17.9 Å². The molecule has 0 saturated carbocycles. The lowest BCUT2D eigenvalue weighted by Gasteiger charge is -2.10. The van der Waals surface area contributed by atoms with E-state index in [9.17, 15) is 14.7 Å². The molecule has 0 fully saturated rings. The van der Waals surface area contributed by atoms with Crippen LogP contribution in [0.25, 0.3) is 11.0 Å². The summed E-state index contributed by atoms with van der Waals surface area (Å²) in [5.74, 6) is -1.37. The van der Waals surface area contributed by atoms with Crippen molar-refractivity contribution in [1.82, 2.24) is 20.4 Å². The number of aromatic amines is 1. The highest BCUT2D eigenvalue weighted by molar-refractivity contribution is 5.95. The molecule has 0 aliphatic rings. The molecule has 126 valence electrons. The van der Waals surface area contributed by atoms with Gasteiger partial charge in [0.2, 0.25) is 0 Å². The number of nitrogens with zero attached hydrogens (tertiary/aromatic N) is 2. The Hall–Kier alpha value is -2.87. The Morgan fingerprint density at radius 2 is 2.04 bits per heavy atom. The SMILES string of the molecule is Cc1noc([C@@H](C)NC(=O)c2nc3ccccc3[nH]2)c1C(=O)O.Cl. The first-order chi connectivity index (χ1) is 11.0. The molecule has 0 aliphatic heterocycles. The topological polar surface area (TPSA) is 121 Å². The standard InChI is InChI=1S/C15H14N4O4.ClH/c1-7-11(15(21)22)12(23-19-7)8(2)16-14(20)13-17-9-5-3-4-6-10(9)18-13;/h3-6,8H,1-2H3,(H,16,20)(H,17,18)(H,21,22);1H/t8-;/m1./s1. The molecule has 8 nitrogen and oxygen atoms in total. The summed E-state index contributed by atoms with van der Waals surface area (Å²) in [5, 5.41) is 15.5. The fraction of sp³-hybridized carbons (Fsp3) is 0.200. The minimum Gasteiger partial charge on any atom is -0.477 e. The van der Waals surface area contributed by atoms with E-state index in [4.69, 9.17) is 4.52 Å². The second-order valence-corrected chi connectivity index (χ2v) is 5.11. The van der Waals surface area contributed by atoms with E-state index in [1.165, 1.54) is 6.92 Å². The third-order valence-electron chi connectivity index (χ3n) is 3.45. The van der Waals surface area contributed by atoms with Crippen molar-refractivity contribution in [1.29, 1.82) is 0 Å². The molecule has 3 N–H and O–H groups in total. The molecule has 24 heavy (non-hydrogen) atoms. The van der Waals surface area contributed by atoms with Crippen LogP contribution in [0.1, 0.15) is 45.4 Å². The van der Waals surface area contributed by atoms with Gasteiger partial charge in [-0.25, -0.2) is 9.78 Å². The number of carboxylic acids is 1. The lowest BCUT2D eigenvalue weighted by molar-refractivity contribution is 0.0690. The third kappa shape index (κ3) is 3.09. The zero-order valence-corrected chi connectivity index (χ0v) is 13.7. The summed E-state index contributed by atoms with van der Waals surface area (Å²) in [5.41, 5.74) is 1.64. The molecule has 0 aliphatic carbocycles. The van der Waals surface area contributed by atoms with Crippen LogP contribution in [0.4, 0.5) is 0 Å². The lowest BCUT2D eigenvalue weighted by Crippen LogP contribution is -2.28. The van der Waals surface area contributed by atoms with Gasteiger partial charge in [0, 0.05) is 0 Å². The van der Waals surface area contributed by atoms with Crippen LogP contribution < -0.4 is 5.32 Å². The smallest absolute Gasteiger partial charge is 0.341 e. The second-order valence-electron chi connectivity index (χ2n) is 5.11. The fourth-order valence-electron chi connectivity index (χ4n) is 2.33. The number of hydrogen-bond acceptors (Lipinski definition) is 5. The molecule has 2 heterocycles. The van der Waals surface area contributed by atoms with Crippen molar-refractivity contribution >= 4 is 35.3 Å². The van der Waals surface area contributed by atoms with Crippen LogP contribution in [0.15, 0.2) is 28.8 Å². The summed E-state index contributed by atoms with van der Waals surface area (Å²) >= 11 is 0. The number of aromatic carboxylic acids is 1. The van der Waals surface area contributed by atoms with Crippen LogP contribution in [0.2, 0.25) is 0 Å². The number of amides is 1. The van der Waals surface area contributed by atoms with Gasteiger partial charge < -0.3 is 19.9 Å². The average molecular weight is 351 g/mol. The van der Waals surface area contributed by atoms with E-state index in [2.05, 4.69) is 20.4 Å². The second kappa shape index (κ2) is 6.71. The van der Waals surface area contributed by atoms with Gasteiger partial charge in [-0.1, -0.05) is 17.3 Å². The molecule has 3 aromatic rings. The summed E-state index contributed by atoms with van der Waals surface area (Å²) in [4.78, 5) is 30.6. The van der Waals surface area contributed by atoms with Gasteiger partial charge in [-0.15, -0.1) is 12.4 Å². The number of nitrogens with one attached hydrogen (secondary N) is 2. The number of carbonyl (C=O) groups is 2. The highest BCUT2D eigenvalue weighted by Gasteiger charge is 2.26. The summed E-state index contributed by atoms with van der Waals surface area (Å²) in [6.45, 7) is 3.15. The number of carboxylic acid groups (broad SMARTS) is 1. The van der Waals surface area contributed by atoms with Gasteiger partial charge in [0.15, 0.2) is 11.6 Å². The number of carbonyl (C=O) groups excluding carboxylic acids is 1. The molecule has 1 aromatic carbocycles. The van der Waals surface area contributed by atoms with E-state index in [0.717, 1.165) is 5.52 Å². The van der Waals surface area contributed by atoms with Gasteiger partial charge in [-0.3, -0.25) is 4.79 Å². The van der Waals surface area contributed by atoms with Crippen molar-refractivity contribution in [2.45, 2.75) is 19.9 Å². The Morgan fingerprint density at radius 1 is 1.33 bits per heavy atom. The number of para-hydroxylation sites is 2. The molecular weight excluding hydrogens is 336 g/mol. The van der Waals surface area contributed by atoms with Crippen molar-refractivity contribution in [2.24, 2.45) is 0 Å². The molecular formula is C15H15ClN4O4. The van der Waals surface area contributed by atoms with Crippen molar-refractivity contribution in [3.8, 4) is 0 Å². The number of benzene rings is 1. The Bertz CT molecular complexity index is 869. The number of hydrogen-bond donors (Lipinski definition) is 3. The molecule has 9 heteroatoms. The predicted molar refractivity (Wildman–Crippen MR) is 87.4 cm³/mol. The minimum atomic E-state index is -1.15. The number of aryl methyl sites for hydroxylation is 1. The first-order valence-corrected chi connectivity index (χ1v) is 6.92. The van der Waals surface area contributed by atoms with Crippen LogP contribution in [-0.2, 0) is 0 Å². The van der Waals surface area contributed by atoms with E-state index in [1.54, 1.807) is 13.0 Å². The Kier molecular flexibility index (Phi) is 4.89. The van der Waals surface area contributed by atoms with Gasteiger partial charge in [0.1, 0.15) is 5.56 Å². The maximum atomic E-state index is 12.3. The van der Waals surface area contributed by atoms with Gasteiger partial charge >= 0.3 is 5.97 Å². The summed E-state index contributed by atoms with van der Waals surface area (Å²) in [6.07, 6.45) is 0. The zero-order valence-electron chi connectivity index (χ0n) is 12.9. The third-order valence-corrected chi connectivity index (χ3v) is 3.45. The number of fused-ring (bicyclic) bond motifs is 1. The summed E-state index contributed by atoms with van der Waals surface area (Å²) in [7, 11) is 0. The van der Waals surface area contributed by atoms with Crippen molar-refractivity contribution in [3.05, 3.63) is 47.1 Å². The first-order valence-electron chi connectivity index (χ1n) is 6.92. The lowest BCUT2D eigenvalue weighted by atomic mass is 10.1. The maximum absolute atomic E-state index is 12.3. The number of H-pyrrole nitrogens is 1. The molecule has 0 spiro atoms. The number of imidazole rings is 1. The van der Waals surface area contributed by atoms with E-state index in [1.807, 2.05) is 18.2 Å². The molecule has 0 radical (unpaired) electrons. The Morgan fingerprint density at radius 3 is 2.71 bits per heavy atom. The van der Waals surface area contributed by atoms with Gasteiger partial charge in [0.05, 0.1) is 22.8 Å². The number of halogens is 1. The van der Waals surface area contributed by atoms with E-state index >= 15 is 0 Å². The molecule has 3 rings (SSSR count). The van der Waals surface area contributed by atoms with Crippen molar-refractivity contribution in [2.75, 3.05) is 0 Å². The molecule has 0 unspecified atom stereocenters. The largest absolute Gasteiger partial charge is 0.477 e. The molecule has 2 aromatic heterocycles. The number of rotatable bonds is 4. The first kappa shape index (κ1) is 17.5. The van der Waals surface area contributed by atoms with Crippen molar-refractivity contribution in [3.63, 3.8) is 0 Å². The summed E-state index contributed by atoms with van der Waals surface area (Å²) in [6, 6.07) is 6.59. The van der Waals surface area contributed by atoms with Gasteiger partial charge in [-0.05, 0) is 26.0 Å². The number of aromatic nitrogens is 3. The predicted octanol–water partition coefficient (Wildman–Crippen LogP) is 2.47. The maximum Gasteiger partial charge on any atom is 0.341 e. The highest BCUT2D eigenvalue weighted by Crippen LogP contribution is 2.21. The average Bonchev–Trinajstić information content (AvgIpc) is 3.10. The van der Waals surface area contributed by atoms with Crippen LogP contribution in [0.3, 0.4) is 0 Å². The zero-order chi connectivity index (χ0) is 16.6. The minimum absolute atomic E-state index is 0. The Labute approximate surface area is 142 Å². The van der Waals surface area contributed by atoms with E-state index in [-0.39, 0.29) is 35.2 Å². The van der Waals surface area contributed by atoms with Crippen LogP contribution in [0.5, 0.6) is 0 Å². The normalized spacial score (nSPS) is 11.8. The Balaban J connectivity index is 0.00000208. The fourth-order valence-corrected chi connectivity index (χ4v) is 2.33. The molecule has 0 saturated heterocycles. The molecule has 0 bridgehead atoms. The van der Waals surface area contributed by atoms with Crippen LogP contribution >= 0.6 is 12.4 Å². The quantitative estimate of drug-likeness (QED) is 0.664. The van der Waals surface area contributed by atoms with Gasteiger partial charge in [0.25, 0.3) is 5.91 Å². The van der Waals surface area contributed by atoms with Gasteiger partial charge in [-0.2, -0.15) is 0 Å². The van der Waals surface area contributed by atoms with Crippen LogP contribution in [-0.4, -0.2) is 32.1 Å².